The van der Waals surface area contributed by atoms with Gasteiger partial charge in [-0.25, -0.2) is 4.98 Å². The molecule has 20 heavy (non-hydrogen) atoms. The van der Waals surface area contributed by atoms with Crippen molar-refractivity contribution in [3.63, 3.8) is 0 Å². The lowest BCUT2D eigenvalue weighted by atomic mass is 9.95. The number of fused-ring (bicyclic) bond motifs is 1. The van der Waals surface area contributed by atoms with Crippen LogP contribution in [-0.2, 0) is 23.6 Å². The predicted octanol–water partition coefficient (Wildman–Crippen LogP) is 2.40. The molecular weight excluding hydrogens is 270 g/mol. The van der Waals surface area contributed by atoms with E-state index in [4.69, 9.17) is 0 Å². The first kappa shape index (κ1) is 15.0. The number of hydrogen-bond donors (Lipinski definition) is 1. The van der Waals surface area contributed by atoms with Gasteiger partial charge in [0.2, 0.25) is 0 Å². The van der Waals surface area contributed by atoms with Gasteiger partial charge in [-0.15, -0.1) is 0 Å². The number of aromatic nitrogens is 1. The highest BCUT2D eigenvalue weighted by Gasteiger charge is 2.15. The maximum atomic E-state index is 11.3. The van der Waals surface area contributed by atoms with Crippen LogP contribution < -0.4 is 5.32 Å². The molecule has 2 atom stereocenters. The summed E-state index contributed by atoms with van der Waals surface area (Å²) in [5, 5.41) is 12.6. The molecule has 1 aromatic heterocycles. The third-order valence-electron chi connectivity index (χ3n) is 3.83. The van der Waals surface area contributed by atoms with Gasteiger partial charge in [-0.1, -0.05) is 6.92 Å². The van der Waals surface area contributed by atoms with Crippen molar-refractivity contribution in [3.05, 3.63) is 22.9 Å². The van der Waals surface area contributed by atoms with E-state index < -0.39 is 10.8 Å². The van der Waals surface area contributed by atoms with Gasteiger partial charge in [0, 0.05) is 34.5 Å². The van der Waals surface area contributed by atoms with Crippen molar-refractivity contribution in [2.75, 3.05) is 18.1 Å². The fourth-order valence-electron chi connectivity index (χ4n) is 2.41. The third kappa shape index (κ3) is 3.57. The normalized spacial score (nSPS) is 16.9. The monoisotopic (exact) mass is 291 g/mol. The van der Waals surface area contributed by atoms with Crippen molar-refractivity contribution >= 4 is 16.6 Å². The van der Waals surface area contributed by atoms with Crippen molar-refractivity contribution in [1.29, 1.82) is 5.26 Å². The van der Waals surface area contributed by atoms with E-state index in [0.29, 0.717) is 17.9 Å². The number of anilines is 1. The molecule has 4 nitrogen and oxygen atoms in total. The van der Waals surface area contributed by atoms with Crippen molar-refractivity contribution in [1.82, 2.24) is 4.98 Å². The number of pyridine rings is 1. The maximum Gasteiger partial charge on any atom is 0.144 e. The van der Waals surface area contributed by atoms with Gasteiger partial charge in [0.1, 0.15) is 11.9 Å². The van der Waals surface area contributed by atoms with Gasteiger partial charge in [0.05, 0.1) is 5.56 Å². The quantitative estimate of drug-likeness (QED) is 0.904. The number of nitrogens with zero attached hydrogens (tertiary/aromatic N) is 2. The van der Waals surface area contributed by atoms with E-state index in [1.165, 1.54) is 18.4 Å². The number of nitrogens with one attached hydrogen (secondary N) is 1. The summed E-state index contributed by atoms with van der Waals surface area (Å²) in [5.74, 6) is 0.683. The molecule has 0 aromatic carbocycles. The number of aryl methyl sites for hydroxylation is 2. The second-order valence-electron chi connectivity index (χ2n) is 5.33. The Bertz CT molecular complexity index is 551. The third-order valence-corrected chi connectivity index (χ3v) is 5.20. The standard InChI is InChI=1S/C15H21N3OS/c1-11(20(2)19)7-8-17-15-13(10-16)9-12-5-3-4-6-14(12)18-15/h9,11H,3-8H2,1-2H3,(H,17,18). The molecule has 0 amide bonds. The average Bonchev–Trinajstić information content (AvgIpc) is 2.46. The van der Waals surface area contributed by atoms with Crippen LogP contribution >= 0.6 is 0 Å². The van der Waals surface area contributed by atoms with Crippen LogP contribution in [0.25, 0.3) is 0 Å². The van der Waals surface area contributed by atoms with Gasteiger partial charge in [-0.05, 0) is 43.7 Å². The van der Waals surface area contributed by atoms with E-state index in [1.807, 2.05) is 13.0 Å². The predicted molar refractivity (Wildman–Crippen MR) is 82.2 cm³/mol. The zero-order chi connectivity index (χ0) is 14.5. The van der Waals surface area contributed by atoms with Crippen LogP contribution in [0.1, 0.15) is 43.0 Å². The van der Waals surface area contributed by atoms with Gasteiger partial charge in [-0.2, -0.15) is 5.26 Å². The smallest absolute Gasteiger partial charge is 0.144 e. The molecule has 5 heteroatoms. The van der Waals surface area contributed by atoms with Crippen molar-refractivity contribution in [2.24, 2.45) is 0 Å². The zero-order valence-corrected chi connectivity index (χ0v) is 12.9. The second kappa shape index (κ2) is 6.85. The molecule has 2 unspecified atom stereocenters. The molecule has 0 bridgehead atoms. The molecule has 0 saturated carbocycles. The molecule has 1 heterocycles. The highest BCUT2D eigenvalue weighted by atomic mass is 32.2. The largest absolute Gasteiger partial charge is 0.369 e. The first-order valence-electron chi connectivity index (χ1n) is 7.11. The Labute approximate surface area is 123 Å². The molecule has 1 aromatic rings. The van der Waals surface area contributed by atoms with Gasteiger partial charge in [0.25, 0.3) is 0 Å². The van der Waals surface area contributed by atoms with Gasteiger partial charge < -0.3 is 5.32 Å². The molecule has 0 saturated heterocycles. The van der Waals surface area contributed by atoms with Crippen LogP contribution in [0.15, 0.2) is 6.07 Å². The van der Waals surface area contributed by atoms with E-state index in [9.17, 15) is 9.47 Å². The topological polar surface area (TPSA) is 65.8 Å². The maximum absolute atomic E-state index is 11.3. The summed E-state index contributed by atoms with van der Waals surface area (Å²) in [6.07, 6.45) is 6.94. The van der Waals surface area contributed by atoms with Crippen molar-refractivity contribution in [2.45, 2.75) is 44.3 Å². The van der Waals surface area contributed by atoms with Crippen molar-refractivity contribution < 1.29 is 4.21 Å². The fourth-order valence-corrected chi connectivity index (χ4v) is 2.86. The van der Waals surface area contributed by atoms with E-state index in [-0.39, 0.29) is 5.25 Å². The fraction of sp³-hybridized carbons (Fsp3) is 0.600. The minimum atomic E-state index is -0.803. The molecule has 1 aliphatic carbocycles. The molecule has 1 N–H and O–H groups in total. The van der Waals surface area contributed by atoms with Crippen LogP contribution in [0.5, 0.6) is 0 Å². The minimum absolute atomic E-state index is 0.158. The first-order valence-corrected chi connectivity index (χ1v) is 8.73. The molecule has 0 aliphatic heterocycles. The summed E-state index contributed by atoms with van der Waals surface area (Å²) in [6, 6.07) is 4.20. The Morgan fingerprint density at radius 2 is 2.25 bits per heavy atom. The van der Waals surface area contributed by atoms with Crippen LogP contribution in [0.4, 0.5) is 5.82 Å². The lowest BCUT2D eigenvalue weighted by Crippen LogP contribution is -2.17. The number of rotatable bonds is 5. The lowest BCUT2D eigenvalue weighted by Gasteiger charge is -2.17. The summed E-state index contributed by atoms with van der Waals surface area (Å²) < 4.78 is 11.3. The first-order chi connectivity index (χ1) is 9.61. The molecule has 0 spiro atoms. The van der Waals surface area contributed by atoms with Gasteiger partial charge >= 0.3 is 0 Å². The number of nitriles is 1. The zero-order valence-electron chi connectivity index (χ0n) is 12.1. The van der Waals surface area contributed by atoms with Gasteiger partial charge in [-0.3, -0.25) is 4.21 Å². The van der Waals surface area contributed by atoms with Crippen LogP contribution in [-0.4, -0.2) is 27.2 Å². The van der Waals surface area contributed by atoms with E-state index in [0.717, 1.165) is 25.0 Å². The highest BCUT2D eigenvalue weighted by Crippen LogP contribution is 2.24. The summed E-state index contributed by atoms with van der Waals surface area (Å²) in [5.41, 5.74) is 2.97. The van der Waals surface area contributed by atoms with Crippen LogP contribution in [0.2, 0.25) is 0 Å². The average molecular weight is 291 g/mol. The Kier molecular flexibility index (Phi) is 5.13. The van der Waals surface area contributed by atoms with E-state index in [2.05, 4.69) is 16.4 Å². The minimum Gasteiger partial charge on any atom is -0.369 e. The van der Waals surface area contributed by atoms with Gasteiger partial charge in [0.15, 0.2) is 0 Å². The molecular formula is C15H21N3OS. The highest BCUT2D eigenvalue weighted by molar-refractivity contribution is 7.84. The van der Waals surface area contributed by atoms with Crippen LogP contribution in [0.3, 0.4) is 0 Å². The molecule has 108 valence electrons. The van der Waals surface area contributed by atoms with Crippen LogP contribution in [0, 0.1) is 11.3 Å². The van der Waals surface area contributed by atoms with E-state index in [1.54, 1.807) is 6.26 Å². The lowest BCUT2D eigenvalue weighted by molar-refractivity contribution is 0.666. The Hall–Kier alpha value is -1.41. The Balaban J connectivity index is 2.07. The van der Waals surface area contributed by atoms with E-state index >= 15 is 0 Å². The van der Waals surface area contributed by atoms with Crippen molar-refractivity contribution in [3.8, 4) is 6.07 Å². The SMILES string of the molecule is CC(CCNc1nc2c(cc1C#N)CCCC2)S(C)=O. The summed E-state index contributed by atoms with van der Waals surface area (Å²) in [7, 11) is -0.803. The summed E-state index contributed by atoms with van der Waals surface area (Å²) >= 11 is 0. The molecule has 0 radical (unpaired) electrons. The number of hydrogen-bond acceptors (Lipinski definition) is 4. The molecule has 0 fully saturated rings. The summed E-state index contributed by atoms with van der Waals surface area (Å²) in [6.45, 7) is 2.67. The summed E-state index contributed by atoms with van der Waals surface area (Å²) in [4.78, 5) is 4.62. The Morgan fingerprint density at radius 1 is 1.50 bits per heavy atom. The Morgan fingerprint density at radius 3 is 2.95 bits per heavy atom. The second-order valence-corrected chi connectivity index (χ2v) is 7.14. The molecule has 2 rings (SSSR count). The molecule has 1 aliphatic rings.